The largest absolute Gasteiger partial charge is 0.490 e. The highest BCUT2D eigenvalue weighted by Gasteiger charge is 2.12. The molecule has 9 nitrogen and oxygen atoms in total. The SMILES string of the molecule is CCOc1cc(/C=N\NC(=O)Cc2c(C)[nH]c(=O)[nH]c2=O)cc(Cl)c1OCC. The molecule has 150 valence electrons. The lowest BCUT2D eigenvalue weighted by atomic mass is 10.1. The molecule has 1 aromatic carbocycles. The Hall–Kier alpha value is -3.07. The summed E-state index contributed by atoms with van der Waals surface area (Å²) < 4.78 is 11.0. The fraction of sp³-hybridized carbons (Fsp3) is 0.333. The van der Waals surface area contributed by atoms with Crippen LogP contribution in [0.4, 0.5) is 0 Å². The maximum Gasteiger partial charge on any atom is 0.325 e. The van der Waals surface area contributed by atoms with Gasteiger partial charge in [0.05, 0.1) is 30.9 Å². The number of ether oxygens (including phenoxy) is 2. The highest BCUT2D eigenvalue weighted by Crippen LogP contribution is 2.36. The Morgan fingerprint density at radius 1 is 1.21 bits per heavy atom. The van der Waals surface area contributed by atoms with E-state index in [9.17, 15) is 14.4 Å². The number of H-pyrrole nitrogens is 2. The second-order valence-electron chi connectivity index (χ2n) is 5.68. The van der Waals surface area contributed by atoms with Crippen LogP contribution in [0.5, 0.6) is 11.5 Å². The van der Waals surface area contributed by atoms with Crippen LogP contribution in [0.15, 0.2) is 26.8 Å². The molecule has 0 bridgehead atoms. The molecule has 0 fully saturated rings. The van der Waals surface area contributed by atoms with Crippen LogP contribution in [0.1, 0.15) is 30.7 Å². The van der Waals surface area contributed by atoms with E-state index in [1.807, 2.05) is 13.8 Å². The first-order valence-electron chi connectivity index (χ1n) is 8.58. The van der Waals surface area contributed by atoms with Gasteiger partial charge in [0.2, 0.25) is 5.91 Å². The van der Waals surface area contributed by atoms with Crippen molar-refractivity contribution in [2.45, 2.75) is 27.2 Å². The molecular weight excluding hydrogens is 388 g/mol. The van der Waals surface area contributed by atoms with E-state index in [1.165, 1.54) is 6.21 Å². The van der Waals surface area contributed by atoms with Crippen LogP contribution >= 0.6 is 11.6 Å². The topological polar surface area (TPSA) is 126 Å². The Morgan fingerprint density at radius 2 is 1.93 bits per heavy atom. The van der Waals surface area contributed by atoms with Crippen molar-refractivity contribution in [1.82, 2.24) is 15.4 Å². The number of hydrogen-bond donors (Lipinski definition) is 3. The first-order chi connectivity index (χ1) is 13.3. The van der Waals surface area contributed by atoms with Gasteiger partial charge in [-0.1, -0.05) is 11.6 Å². The molecule has 0 radical (unpaired) electrons. The van der Waals surface area contributed by atoms with Crippen LogP contribution in [0.2, 0.25) is 5.02 Å². The van der Waals surface area contributed by atoms with E-state index >= 15 is 0 Å². The molecule has 0 atom stereocenters. The zero-order valence-electron chi connectivity index (χ0n) is 15.7. The number of nitrogens with one attached hydrogen (secondary N) is 3. The highest BCUT2D eigenvalue weighted by atomic mass is 35.5. The zero-order chi connectivity index (χ0) is 20.7. The molecule has 0 spiro atoms. The number of hydrogen-bond acceptors (Lipinski definition) is 6. The summed E-state index contributed by atoms with van der Waals surface area (Å²) in [6.45, 7) is 6.09. The van der Waals surface area contributed by atoms with E-state index in [0.717, 1.165) is 0 Å². The number of aryl methyl sites for hydroxylation is 1. The van der Waals surface area contributed by atoms with Gasteiger partial charge in [0.1, 0.15) is 0 Å². The third-order valence-electron chi connectivity index (χ3n) is 3.62. The quantitative estimate of drug-likeness (QED) is 0.451. The second-order valence-corrected chi connectivity index (χ2v) is 6.08. The van der Waals surface area contributed by atoms with Crippen molar-refractivity contribution in [2.75, 3.05) is 13.2 Å². The molecule has 1 heterocycles. The van der Waals surface area contributed by atoms with Crippen molar-refractivity contribution < 1.29 is 14.3 Å². The van der Waals surface area contributed by atoms with Gasteiger partial charge in [-0.25, -0.2) is 10.2 Å². The Labute approximate surface area is 165 Å². The van der Waals surface area contributed by atoms with Gasteiger partial charge in [0.25, 0.3) is 5.56 Å². The van der Waals surface area contributed by atoms with Crippen molar-refractivity contribution in [2.24, 2.45) is 5.10 Å². The molecule has 1 aromatic heterocycles. The van der Waals surface area contributed by atoms with Crippen molar-refractivity contribution in [3.63, 3.8) is 0 Å². The third kappa shape index (κ3) is 5.46. The van der Waals surface area contributed by atoms with Gasteiger partial charge in [-0.05, 0) is 38.5 Å². The first-order valence-corrected chi connectivity index (χ1v) is 8.96. The number of carbonyl (C=O) groups excluding carboxylic acids is 1. The molecule has 1 amide bonds. The van der Waals surface area contributed by atoms with Gasteiger partial charge in [-0.2, -0.15) is 5.10 Å². The Bertz CT molecular complexity index is 996. The number of hydrazone groups is 1. The smallest absolute Gasteiger partial charge is 0.325 e. The lowest BCUT2D eigenvalue weighted by Crippen LogP contribution is -2.30. The van der Waals surface area contributed by atoms with Crippen LogP contribution in [-0.2, 0) is 11.2 Å². The van der Waals surface area contributed by atoms with Gasteiger partial charge in [-0.15, -0.1) is 0 Å². The molecule has 2 rings (SSSR count). The average Bonchev–Trinajstić information content (AvgIpc) is 2.61. The summed E-state index contributed by atoms with van der Waals surface area (Å²) in [6.07, 6.45) is 1.16. The van der Waals surface area contributed by atoms with Crippen LogP contribution in [0.25, 0.3) is 0 Å². The lowest BCUT2D eigenvalue weighted by Gasteiger charge is -2.13. The predicted molar refractivity (Wildman–Crippen MR) is 106 cm³/mol. The first kappa shape index (κ1) is 21.2. The van der Waals surface area contributed by atoms with E-state index in [0.29, 0.717) is 41.0 Å². The monoisotopic (exact) mass is 408 g/mol. The second kappa shape index (κ2) is 9.75. The summed E-state index contributed by atoms with van der Waals surface area (Å²) in [4.78, 5) is 39.5. The maximum absolute atomic E-state index is 12.0. The summed E-state index contributed by atoms with van der Waals surface area (Å²) in [6, 6.07) is 3.31. The van der Waals surface area contributed by atoms with Gasteiger partial charge >= 0.3 is 5.69 Å². The minimum atomic E-state index is -0.623. The number of nitrogens with zero attached hydrogens (tertiary/aromatic N) is 1. The fourth-order valence-corrected chi connectivity index (χ4v) is 2.70. The van der Waals surface area contributed by atoms with E-state index in [4.69, 9.17) is 21.1 Å². The predicted octanol–water partition coefficient (Wildman–Crippen LogP) is 1.52. The number of carbonyl (C=O) groups is 1. The number of aromatic amines is 2. The average molecular weight is 409 g/mol. The van der Waals surface area contributed by atoms with Crippen molar-refractivity contribution in [3.8, 4) is 11.5 Å². The standard InChI is InChI=1S/C18H21ClN4O5/c1-4-27-14-7-11(6-13(19)16(14)28-5-2)9-20-23-15(24)8-12-10(3)21-18(26)22-17(12)25/h6-7,9H,4-5,8H2,1-3H3,(H,23,24)(H2,21,22,25,26)/b20-9-. The Balaban J connectivity index is 2.11. The molecule has 0 aliphatic rings. The molecule has 28 heavy (non-hydrogen) atoms. The number of rotatable bonds is 8. The van der Waals surface area contributed by atoms with Gasteiger partial charge in [-0.3, -0.25) is 14.6 Å². The number of aromatic nitrogens is 2. The third-order valence-corrected chi connectivity index (χ3v) is 3.90. The summed E-state index contributed by atoms with van der Waals surface area (Å²) in [7, 11) is 0. The molecule has 0 aliphatic heterocycles. The molecule has 0 saturated carbocycles. The van der Waals surface area contributed by atoms with E-state index in [-0.39, 0.29) is 12.0 Å². The summed E-state index contributed by atoms with van der Waals surface area (Å²) in [5.41, 5.74) is 2.18. The van der Waals surface area contributed by atoms with Crippen molar-refractivity contribution in [3.05, 3.63) is 54.8 Å². The molecule has 3 N–H and O–H groups in total. The van der Waals surface area contributed by atoms with Gasteiger partial charge < -0.3 is 14.5 Å². The van der Waals surface area contributed by atoms with Crippen molar-refractivity contribution >= 4 is 23.7 Å². The number of halogens is 1. The molecule has 0 aliphatic carbocycles. The van der Waals surface area contributed by atoms with Gasteiger partial charge in [0.15, 0.2) is 11.5 Å². The summed E-state index contributed by atoms with van der Waals surface area (Å²) >= 11 is 6.22. The van der Waals surface area contributed by atoms with Crippen LogP contribution in [0, 0.1) is 6.92 Å². The van der Waals surface area contributed by atoms with Crippen LogP contribution < -0.4 is 26.1 Å². The maximum atomic E-state index is 12.0. The zero-order valence-corrected chi connectivity index (χ0v) is 16.5. The number of amides is 1. The lowest BCUT2D eigenvalue weighted by molar-refractivity contribution is -0.120. The minimum Gasteiger partial charge on any atom is -0.490 e. The fourth-order valence-electron chi connectivity index (χ4n) is 2.43. The highest BCUT2D eigenvalue weighted by molar-refractivity contribution is 6.32. The van der Waals surface area contributed by atoms with Crippen LogP contribution in [0.3, 0.4) is 0 Å². The molecule has 0 unspecified atom stereocenters. The van der Waals surface area contributed by atoms with E-state index in [1.54, 1.807) is 19.1 Å². The molecule has 2 aromatic rings. The van der Waals surface area contributed by atoms with Gasteiger partial charge in [0, 0.05) is 11.3 Å². The summed E-state index contributed by atoms with van der Waals surface area (Å²) in [5.74, 6) is 0.402. The molecule has 10 heteroatoms. The van der Waals surface area contributed by atoms with E-state index in [2.05, 4.69) is 20.5 Å². The normalized spacial score (nSPS) is 10.9. The Kier molecular flexibility index (Phi) is 7.39. The van der Waals surface area contributed by atoms with Crippen LogP contribution in [-0.4, -0.2) is 35.3 Å². The van der Waals surface area contributed by atoms with Crippen molar-refractivity contribution in [1.29, 1.82) is 0 Å². The molecule has 0 saturated heterocycles. The minimum absolute atomic E-state index is 0.162. The van der Waals surface area contributed by atoms with E-state index < -0.39 is 17.2 Å². The Morgan fingerprint density at radius 3 is 2.57 bits per heavy atom. The number of benzene rings is 1. The molecular formula is C18H21ClN4O5. The summed E-state index contributed by atoms with van der Waals surface area (Å²) in [5, 5.41) is 4.23.